The Bertz CT molecular complexity index is 1870. The quantitative estimate of drug-likeness (QED) is 0.0698. The van der Waals surface area contributed by atoms with Crippen molar-refractivity contribution < 1.29 is 56.1 Å². The maximum atomic E-state index is 13.6. The molecule has 0 heterocycles. The number of rotatable bonds is 13. The maximum absolute atomic E-state index is 13.6. The summed E-state index contributed by atoms with van der Waals surface area (Å²) in [6.45, 7) is 3.32. The number of carbonyl (C=O) groups is 5. The average molecular weight is 706 g/mol. The molecule has 0 unspecified atom stereocenters. The lowest BCUT2D eigenvalue weighted by Gasteiger charge is -2.29. The van der Waals surface area contributed by atoms with E-state index < -0.39 is 60.0 Å². The molecule has 0 bridgehead atoms. The highest BCUT2D eigenvalue weighted by atomic mass is 19.4. The SMILES string of the molecule is CCOC(=O)C(COC(=O)Cc1cccc(NC(=O)c2ccccc2-c2ccc(C(F)(F)F)cc2)c1OC(C)=O)(C(=O)OCC)c1ccccc1. The zero-order chi connectivity index (χ0) is 37.2. The monoisotopic (exact) mass is 705 g/mol. The lowest BCUT2D eigenvalue weighted by Crippen LogP contribution is -2.50. The Morgan fingerprint density at radius 1 is 0.686 bits per heavy atom. The lowest BCUT2D eigenvalue weighted by molar-refractivity contribution is -0.170. The smallest absolute Gasteiger partial charge is 0.416 e. The Morgan fingerprint density at radius 2 is 1.29 bits per heavy atom. The first-order chi connectivity index (χ1) is 24.3. The van der Waals surface area contributed by atoms with Crippen molar-refractivity contribution >= 4 is 35.5 Å². The summed E-state index contributed by atoms with van der Waals surface area (Å²) in [5.41, 5.74) is -1.91. The molecule has 0 aromatic heterocycles. The molecule has 0 aliphatic heterocycles. The number of alkyl halides is 3. The van der Waals surface area contributed by atoms with Gasteiger partial charge in [-0.05, 0) is 54.8 Å². The molecular weight excluding hydrogens is 671 g/mol. The minimum absolute atomic E-state index is 0.000554. The lowest BCUT2D eigenvalue weighted by atomic mass is 9.81. The Hall–Kier alpha value is -5.98. The largest absolute Gasteiger partial charge is 0.465 e. The molecule has 0 radical (unpaired) electrons. The van der Waals surface area contributed by atoms with Gasteiger partial charge in [0.1, 0.15) is 6.61 Å². The van der Waals surface area contributed by atoms with Crippen LogP contribution in [-0.4, -0.2) is 49.6 Å². The van der Waals surface area contributed by atoms with Gasteiger partial charge in [0.15, 0.2) is 5.75 Å². The van der Waals surface area contributed by atoms with Crippen LogP contribution in [-0.2, 0) is 51.4 Å². The highest BCUT2D eigenvalue weighted by Gasteiger charge is 2.52. The fourth-order valence-corrected chi connectivity index (χ4v) is 5.19. The van der Waals surface area contributed by atoms with Crippen LogP contribution in [0.25, 0.3) is 11.1 Å². The van der Waals surface area contributed by atoms with Gasteiger partial charge >= 0.3 is 30.1 Å². The Labute approximate surface area is 291 Å². The molecule has 4 aromatic carbocycles. The molecule has 0 saturated carbocycles. The number of ether oxygens (including phenoxy) is 4. The van der Waals surface area contributed by atoms with Crippen molar-refractivity contribution in [3.05, 3.63) is 119 Å². The topological polar surface area (TPSA) is 134 Å². The second-order valence-electron chi connectivity index (χ2n) is 11.0. The van der Waals surface area contributed by atoms with Crippen LogP contribution in [0.15, 0.2) is 97.1 Å². The summed E-state index contributed by atoms with van der Waals surface area (Å²) in [7, 11) is 0. The third-order valence-electron chi connectivity index (χ3n) is 7.58. The molecule has 0 atom stereocenters. The van der Waals surface area contributed by atoms with E-state index in [0.29, 0.717) is 11.1 Å². The van der Waals surface area contributed by atoms with Gasteiger partial charge in [0, 0.05) is 18.1 Å². The second kappa shape index (κ2) is 16.6. The number of esters is 4. The summed E-state index contributed by atoms with van der Waals surface area (Å²) >= 11 is 0. The number of hydrogen-bond donors (Lipinski definition) is 1. The number of halogens is 3. The van der Waals surface area contributed by atoms with Crippen molar-refractivity contribution in [1.82, 2.24) is 0 Å². The number of amides is 1. The first kappa shape index (κ1) is 37.8. The van der Waals surface area contributed by atoms with Crippen molar-refractivity contribution in [3.63, 3.8) is 0 Å². The third-order valence-corrected chi connectivity index (χ3v) is 7.58. The molecule has 1 amide bonds. The van der Waals surface area contributed by atoms with Gasteiger partial charge in [0.2, 0.25) is 5.41 Å². The highest BCUT2D eigenvalue weighted by Crippen LogP contribution is 2.35. The standard InChI is InChI=1S/C38H34F3NO9/c1-4-48-35(46)37(36(47)49-5-2,27-13-7-6-8-14-27)23-50-32(44)22-26-12-11-17-31(33(26)51-24(3)43)42-34(45)30-16-10-9-15-29(30)25-18-20-28(21-19-25)38(39,40)41/h6-21H,4-5,22-23H2,1-3H3,(H,42,45). The third kappa shape index (κ3) is 8.98. The molecule has 1 N–H and O–H groups in total. The van der Waals surface area contributed by atoms with Crippen molar-refractivity contribution in [2.45, 2.75) is 38.8 Å². The van der Waals surface area contributed by atoms with E-state index in [9.17, 15) is 37.1 Å². The molecule has 0 aliphatic carbocycles. The number of carbonyl (C=O) groups excluding carboxylic acids is 5. The molecule has 10 nitrogen and oxygen atoms in total. The minimum Gasteiger partial charge on any atom is -0.465 e. The van der Waals surface area contributed by atoms with Gasteiger partial charge in [-0.25, -0.2) is 0 Å². The number of para-hydroxylation sites is 1. The molecular formula is C38H34F3NO9. The van der Waals surface area contributed by atoms with Crippen LogP contribution in [0.4, 0.5) is 18.9 Å². The fraction of sp³-hybridized carbons (Fsp3) is 0.237. The first-order valence-electron chi connectivity index (χ1n) is 15.8. The Kier molecular flexibility index (Phi) is 12.3. The second-order valence-corrected chi connectivity index (χ2v) is 11.0. The van der Waals surface area contributed by atoms with Crippen molar-refractivity contribution in [2.24, 2.45) is 0 Å². The van der Waals surface area contributed by atoms with Gasteiger partial charge in [-0.15, -0.1) is 0 Å². The molecule has 0 saturated heterocycles. The molecule has 51 heavy (non-hydrogen) atoms. The molecule has 0 aliphatic rings. The van der Waals surface area contributed by atoms with Crippen LogP contribution < -0.4 is 10.1 Å². The number of nitrogens with one attached hydrogen (secondary N) is 1. The Morgan fingerprint density at radius 3 is 1.88 bits per heavy atom. The summed E-state index contributed by atoms with van der Waals surface area (Å²) < 4.78 is 60.7. The van der Waals surface area contributed by atoms with Crippen LogP contribution in [0.3, 0.4) is 0 Å². The summed E-state index contributed by atoms with van der Waals surface area (Å²) in [5.74, 6) is -4.52. The zero-order valence-corrected chi connectivity index (χ0v) is 27.9. The molecule has 0 spiro atoms. The van der Waals surface area contributed by atoms with E-state index in [0.717, 1.165) is 19.1 Å². The first-order valence-corrected chi connectivity index (χ1v) is 15.8. The minimum atomic E-state index is -4.53. The highest BCUT2D eigenvalue weighted by molar-refractivity contribution is 6.10. The van der Waals surface area contributed by atoms with Crippen molar-refractivity contribution in [1.29, 1.82) is 0 Å². The van der Waals surface area contributed by atoms with E-state index in [2.05, 4.69) is 5.32 Å². The molecule has 4 rings (SSSR count). The van der Waals surface area contributed by atoms with Crippen LogP contribution in [0.1, 0.15) is 47.8 Å². The number of anilines is 1. The van der Waals surface area contributed by atoms with Gasteiger partial charge in [0.05, 0.1) is 30.9 Å². The molecule has 13 heteroatoms. The van der Waals surface area contributed by atoms with E-state index in [1.807, 2.05) is 0 Å². The van der Waals surface area contributed by atoms with E-state index >= 15 is 0 Å². The normalized spacial score (nSPS) is 11.3. The van der Waals surface area contributed by atoms with Crippen LogP contribution in [0.2, 0.25) is 0 Å². The average Bonchev–Trinajstić information content (AvgIpc) is 3.10. The number of benzene rings is 4. The van der Waals surface area contributed by atoms with Gasteiger partial charge in [-0.2, -0.15) is 13.2 Å². The zero-order valence-electron chi connectivity index (χ0n) is 27.9. The predicted octanol–water partition coefficient (Wildman–Crippen LogP) is 6.70. The van der Waals surface area contributed by atoms with E-state index in [-0.39, 0.29) is 41.3 Å². The van der Waals surface area contributed by atoms with Crippen molar-refractivity contribution in [3.8, 4) is 16.9 Å². The van der Waals surface area contributed by atoms with Crippen LogP contribution in [0, 0.1) is 0 Å². The van der Waals surface area contributed by atoms with Gasteiger partial charge in [0.25, 0.3) is 5.91 Å². The number of hydrogen-bond acceptors (Lipinski definition) is 9. The summed E-state index contributed by atoms with van der Waals surface area (Å²) in [5, 5.41) is 2.66. The van der Waals surface area contributed by atoms with Gasteiger partial charge < -0.3 is 24.3 Å². The summed E-state index contributed by atoms with van der Waals surface area (Å²) in [6.07, 6.45) is -5.06. The van der Waals surface area contributed by atoms with Gasteiger partial charge in [-0.3, -0.25) is 24.0 Å². The molecule has 0 fully saturated rings. The fourth-order valence-electron chi connectivity index (χ4n) is 5.19. The van der Waals surface area contributed by atoms with E-state index in [1.54, 1.807) is 50.2 Å². The molecule has 4 aromatic rings. The maximum Gasteiger partial charge on any atom is 0.416 e. The van der Waals surface area contributed by atoms with Gasteiger partial charge in [-0.1, -0.05) is 72.8 Å². The molecule has 266 valence electrons. The summed E-state index contributed by atoms with van der Waals surface area (Å²) in [6, 6.07) is 22.8. The van der Waals surface area contributed by atoms with E-state index in [4.69, 9.17) is 18.9 Å². The van der Waals surface area contributed by atoms with Crippen LogP contribution in [0.5, 0.6) is 5.75 Å². The predicted molar refractivity (Wildman–Crippen MR) is 179 cm³/mol. The Balaban J connectivity index is 1.62. The van der Waals surface area contributed by atoms with Crippen molar-refractivity contribution in [2.75, 3.05) is 25.1 Å². The van der Waals surface area contributed by atoms with Crippen LogP contribution >= 0.6 is 0 Å². The summed E-state index contributed by atoms with van der Waals surface area (Å²) in [4.78, 5) is 65.6. The van der Waals surface area contributed by atoms with E-state index in [1.165, 1.54) is 48.5 Å².